The second-order valence-corrected chi connectivity index (χ2v) is 8.76. The predicted octanol–water partition coefficient (Wildman–Crippen LogP) is 6.03. The Morgan fingerprint density at radius 2 is 1.81 bits per heavy atom. The molecule has 0 amide bonds. The monoisotopic (exact) mass is 445 g/mol. The third kappa shape index (κ3) is 4.29. The van der Waals surface area contributed by atoms with E-state index in [0.717, 1.165) is 5.56 Å². The van der Waals surface area contributed by atoms with Gasteiger partial charge in [0.1, 0.15) is 22.7 Å². The fourth-order valence-corrected chi connectivity index (χ4v) is 3.86. The summed E-state index contributed by atoms with van der Waals surface area (Å²) in [6.45, 7) is 8.64. The molecular weight excluding hydrogens is 422 g/mol. The van der Waals surface area contributed by atoms with Crippen molar-refractivity contribution in [2.24, 2.45) is 0 Å². The molecule has 0 saturated heterocycles. The molecule has 164 valence electrons. The summed E-state index contributed by atoms with van der Waals surface area (Å²) in [5.41, 5.74) is -0.995. The quantitative estimate of drug-likeness (QED) is 0.445. The van der Waals surface area contributed by atoms with E-state index >= 15 is 0 Å². The summed E-state index contributed by atoms with van der Waals surface area (Å²) in [5, 5.41) is 22.5. The molecule has 1 aliphatic heterocycles. The average molecular weight is 446 g/mol. The summed E-state index contributed by atoms with van der Waals surface area (Å²) in [4.78, 5) is 24.0. The molecule has 1 heterocycles. The van der Waals surface area contributed by atoms with Crippen LogP contribution >= 0.6 is 11.6 Å². The van der Waals surface area contributed by atoms with Crippen LogP contribution in [0.3, 0.4) is 0 Å². The van der Waals surface area contributed by atoms with Crippen molar-refractivity contribution in [3.8, 4) is 11.5 Å². The van der Waals surface area contributed by atoms with E-state index in [9.17, 15) is 20.0 Å². The number of halogens is 1. The molecule has 0 atom stereocenters. The lowest BCUT2D eigenvalue weighted by Gasteiger charge is -2.40. The van der Waals surface area contributed by atoms with Crippen LogP contribution in [0.25, 0.3) is 5.57 Å². The van der Waals surface area contributed by atoms with Gasteiger partial charge in [-0.25, -0.2) is 0 Å². The maximum atomic E-state index is 13.2. The molecule has 8 heteroatoms. The van der Waals surface area contributed by atoms with Crippen LogP contribution in [0.15, 0.2) is 42.2 Å². The first kappa shape index (κ1) is 22.8. The molecule has 0 aliphatic carbocycles. The Kier molecular flexibility index (Phi) is 5.86. The van der Waals surface area contributed by atoms with Crippen LogP contribution in [-0.4, -0.2) is 27.0 Å². The number of rotatable bonds is 5. The zero-order valence-electron chi connectivity index (χ0n) is 18.0. The van der Waals surface area contributed by atoms with E-state index in [1.54, 1.807) is 45.9 Å². The van der Waals surface area contributed by atoms with Crippen molar-refractivity contribution in [3.63, 3.8) is 0 Å². The van der Waals surface area contributed by atoms with Crippen LogP contribution in [0, 0.1) is 10.1 Å². The van der Waals surface area contributed by atoms with Gasteiger partial charge in [0, 0.05) is 11.1 Å². The predicted molar refractivity (Wildman–Crippen MR) is 118 cm³/mol. The fraction of sp³-hybridized carbons (Fsp3) is 0.348. The number of hydrogen-bond donors (Lipinski definition) is 1. The first-order valence-corrected chi connectivity index (χ1v) is 10.2. The minimum absolute atomic E-state index is 0.0155. The van der Waals surface area contributed by atoms with Crippen molar-refractivity contribution in [3.05, 3.63) is 68.4 Å². The number of aliphatic hydroxyl groups excluding tert-OH is 1. The Labute approximate surface area is 185 Å². The van der Waals surface area contributed by atoms with Gasteiger partial charge >= 0.3 is 5.69 Å². The van der Waals surface area contributed by atoms with E-state index in [0.29, 0.717) is 12.0 Å². The molecule has 0 radical (unpaired) electrons. The zero-order valence-corrected chi connectivity index (χ0v) is 18.7. The lowest BCUT2D eigenvalue weighted by molar-refractivity contribution is -0.385. The molecule has 0 fully saturated rings. The van der Waals surface area contributed by atoms with Crippen molar-refractivity contribution in [2.75, 3.05) is 0 Å². The first-order valence-electron chi connectivity index (χ1n) is 9.81. The maximum Gasteiger partial charge on any atom is 0.313 e. The molecule has 0 aromatic heterocycles. The summed E-state index contributed by atoms with van der Waals surface area (Å²) in [6.07, 6.45) is 0.600. The van der Waals surface area contributed by atoms with Crippen LogP contribution < -0.4 is 4.74 Å². The van der Waals surface area contributed by atoms with Crippen molar-refractivity contribution in [1.82, 2.24) is 0 Å². The number of nitro benzene ring substituents is 1. The molecule has 1 aliphatic rings. The number of benzene rings is 2. The van der Waals surface area contributed by atoms with Gasteiger partial charge in [-0.2, -0.15) is 0 Å². The van der Waals surface area contributed by atoms with E-state index in [1.165, 1.54) is 18.2 Å². The number of aryl methyl sites for hydroxylation is 1. The number of Topliss-reactive ketones (excluding diaryl/α,β-unsaturated/α-hetero) is 1. The van der Waals surface area contributed by atoms with Crippen LogP contribution in [-0.2, 0) is 16.0 Å². The Morgan fingerprint density at radius 1 is 1.13 bits per heavy atom. The van der Waals surface area contributed by atoms with Crippen LogP contribution in [0.1, 0.15) is 45.7 Å². The molecular formula is C23H24ClNO6. The zero-order chi connectivity index (χ0) is 23.1. The average Bonchev–Trinajstić information content (AvgIpc) is 2.67. The van der Waals surface area contributed by atoms with Gasteiger partial charge in [0.15, 0.2) is 5.78 Å². The number of ketones is 1. The Bertz CT molecular complexity index is 1100. The van der Waals surface area contributed by atoms with Gasteiger partial charge in [-0.15, -0.1) is 0 Å². The molecule has 3 rings (SSSR count). The molecule has 0 bridgehead atoms. The second-order valence-electron chi connectivity index (χ2n) is 8.32. The highest BCUT2D eigenvalue weighted by molar-refractivity contribution is 6.30. The van der Waals surface area contributed by atoms with Gasteiger partial charge in [0.25, 0.3) is 0 Å². The second kappa shape index (κ2) is 7.98. The van der Waals surface area contributed by atoms with Crippen molar-refractivity contribution < 1.29 is 24.3 Å². The number of nitro groups is 1. The minimum Gasteiger partial charge on any atom is -0.508 e. The maximum absolute atomic E-state index is 13.2. The van der Waals surface area contributed by atoms with Gasteiger partial charge in [0.05, 0.1) is 10.5 Å². The molecule has 31 heavy (non-hydrogen) atoms. The summed E-state index contributed by atoms with van der Waals surface area (Å²) in [7, 11) is 0. The number of nitrogens with zero attached hydrogens (tertiary/aromatic N) is 1. The van der Waals surface area contributed by atoms with Gasteiger partial charge in [-0.1, -0.05) is 24.6 Å². The van der Waals surface area contributed by atoms with E-state index in [1.807, 2.05) is 6.92 Å². The van der Waals surface area contributed by atoms with Crippen molar-refractivity contribution in [2.45, 2.75) is 52.2 Å². The normalized spacial score (nSPS) is 17.5. The van der Waals surface area contributed by atoms with Gasteiger partial charge < -0.3 is 14.6 Å². The SMILES string of the molecule is CCc1ccc(Oc2ccc(Cl)cc2[N+](=O)[O-])cc1C1=C(O)C(C)(C)OC(C)(C)C1=O. The number of hydrogen-bond acceptors (Lipinski definition) is 6. The standard InChI is InChI=1S/C23H24ClNO6/c1-6-13-7-9-15(30-18-10-8-14(24)11-17(18)25(28)29)12-16(13)19-20(26)22(2,3)31-23(4,5)21(19)27/h7-12,26H,6H2,1-5H3. The summed E-state index contributed by atoms with van der Waals surface area (Å²) in [5.74, 6) is -0.218. The highest BCUT2D eigenvalue weighted by atomic mass is 35.5. The van der Waals surface area contributed by atoms with Gasteiger partial charge in [0.2, 0.25) is 5.75 Å². The van der Waals surface area contributed by atoms with E-state index < -0.39 is 16.1 Å². The Hall–Kier alpha value is -2.90. The third-order valence-corrected chi connectivity index (χ3v) is 5.40. The highest BCUT2D eigenvalue weighted by Crippen LogP contribution is 2.42. The molecule has 0 saturated carbocycles. The Balaban J connectivity index is 2.15. The molecule has 0 unspecified atom stereocenters. The molecule has 2 aromatic carbocycles. The summed E-state index contributed by atoms with van der Waals surface area (Å²) >= 11 is 5.87. The van der Waals surface area contributed by atoms with E-state index in [2.05, 4.69) is 0 Å². The fourth-order valence-electron chi connectivity index (χ4n) is 3.70. The summed E-state index contributed by atoms with van der Waals surface area (Å²) < 4.78 is 11.6. The largest absolute Gasteiger partial charge is 0.508 e. The lowest BCUT2D eigenvalue weighted by atomic mass is 9.81. The topological polar surface area (TPSA) is 98.9 Å². The third-order valence-electron chi connectivity index (χ3n) is 5.17. The molecule has 0 spiro atoms. The van der Waals surface area contributed by atoms with Crippen LogP contribution in [0.4, 0.5) is 5.69 Å². The first-order chi connectivity index (χ1) is 14.4. The smallest absolute Gasteiger partial charge is 0.313 e. The lowest BCUT2D eigenvalue weighted by Crippen LogP contribution is -2.49. The minimum atomic E-state index is -1.14. The van der Waals surface area contributed by atoms with E-state index in [-0.39, 0.29) is 39.3 Å². The van der Waals surface area contributed by atoms with Gasteiger partial charge in [-0.05, 0) is 69.5 Å². The highest BCUT2D eigenvalue weighted by Gasteiger charge is 2.47. The van der Waals surface area contributed by atoms with Crippen LogP contribution in [0.2, 0.25) is 5.02 Å². The Morgan fingerprint density at radius 3 is 2.42 bits per heavy atom. The van der Waals surface area contributed by atoms with Crippen LogP contribution in [0.5, 0.6) is 11.5 Å². The number of ether oxygens (including phenoxy) is 2. The number of carbonyl (C=O) groups excluding carboxylic acids is 1. The molecule has 1 N–H and O–H groups in total. The van der Waals surface area contributed by atoms with Crippen molar-refractivity contribution >= 4 is 28.6 Å². The molecule has 7 nitrogen and oxygen atoms in total. The van der Waals surface area contributed by atoms with Gasteiger partial charge in [-0.3, -0.25) is 14.9 Å². The van der Waals surface area contributed by atoms with Crippen molar-refractivity contribution in [1.29, 1.82) is 0 Å². The number of aliphatic hydroxyl groups is 1. The molecule has 2 aromatic rings. The summed E-state index contributed by atoms with van der Waals surface area (Å²) in [6, 6.07) is 9.16. The van der Waals surface area contributed by atoms with E-state index in [4.69, 9.17) is 21.1 Å². The number of carbonyl (C=O) groups is 1.